The minimum atomic E-state index is 0.220. The van der Waals surface area contributed by atoms with E-state index in [1.807, 2.05) is 19.9 Å². The predicted molar refractivity (Wildman–Crippen MR) is 82.7 cm³/mol. The summed E-state index contributed by atoms with van der Waals surface area (Å²) >= 11 is 3.53. The zero-order valence-electron chi connectivity index (χ0n) is 12.0. The van der Waals surface area contributed by atoms with Crippen molar-refractivity contribution in [1.29, 1.82) is 0 Å². The summed E-state index contributed by atoms with van der Waals surface area (Å²) in [5.74, 6) is 0.848. The van der Waals surface area contributed by atoms with E-state index in [1.54, 1.807) is 0 Å². The van der Waals surface area contributed by atoms with E-state index in [0.717, 1.165) is 23.1 Å². The van der Waals surface area contributed by atoms with Gasteiger partial charge in [0.25, 0.3) is 0 Å². The number of nitrogens with two attached hydrogens (primary N) is 1. The molecule has 3 nitrogen and oxygen atoms in total. The highest BCUT2D eigenvalue weighted by atomic mass is 79.9. The zero-order chi connectivity index (χ0) is 14.3. The third-order valence-electron chi connectivity index (χ3n) is 2.81. The Morgan fingerprint density at radius 2 is 2.00 bits per heavy atom. The number of benzene rings is 1. The van der Waals surface area contributed by atoms with Gasteiger partial charge in [0.15, 0.2) is 0 Å². The van der Waals surface area contributed by atoms with E-state index in [1.165, 1.54) is 5.56 Å². The molecular formula is C15H24BrNO2. The summed E-state index contributed by atoms with van der Waals surface area (Å²) in [6, 6.07) is 6.35. The molecule has 0 aliphatic carbocycles. The largest absolute Gasteiger partial charge is 0.490 e. The van der Waals surface area contributed by atoms with Gasteiger partial charge in [-0.1, -0.05) is 13.0 Å². The standard InChI is InChI=1S/C15H24BrNO2/c1-4-13(17)9-12-5-6-15(14(16)10-12)19-8-7-18-11(2)3/h5-6,10-11,13H,4,7-9,17H2,1-3H3. The van der Waals surface area contributed by atoms with Gasteiger partial charge in [-0.2, -0.15) is 0 Å². The van der Waals surface area contributed by atoms with E-state index < -0.39 is 0 Å². The van der Waals surface area contributed by atoms with E-state index >= 15 is 0 Å². The molecule has 0 saturated carbocycles. The van der Waals surface area contributed by atoms with Crippen LogP contribution < -0.4 is 10.5 Å². The average Bonchev–Trinajstić information content (AvgIpc) is 2.36. The van der Waals surface area contributed by atoms with Crippen molar-refractivity contribution in [3.63, 3.8) is 0 Å². The molecule has 0 spiro atoms. The van der Waals surface area contributed by atoms with Crippen LogP contribution >= 0.6 is 15.9 Å². The fourth-order valence-corrected chi connectivity index (χ4v) is 2.21. The minimum Gasteiger partial charge on any atom is -0.490 e. The first-order chi connectivity index (χ1) is 9.02. The van der Waals surface area contributed by atoms with E-state index in [-0.39, 0.29) is 12.1 Å². The summed E-state index contributed by atoms with van der Waals surface area (Å²) in [6.45, 7) is 7.30. The molecule has 19 heavy (non-hydrogen) atoms. The van der Waals surface area contributed by atoms with Crippen LogP contribution in [0.15, 0.2) is 22.7 Å². The lowest BCUT2D eigenvalue weighted by atomic mass is 10.0. The summed E-state index contributed by atoms with van der Waals surface area (Å²) in [5.41, 5.74) is 7.19. The highest BCUT2D eigenvalue weighted by Gasteiger charge is 2.06. The summed E-state index contributed by atoms with van der Waals surface area (Å²) in [5, 5.41) is 0. The van der Waals surface area contributed by atoms with E-state index in [9.17, 15) is 0 Å². The smallest absolute Gasteiger partial charge is 0.133 e. The SMILES string of the molecule is CCC(N)Cc1ccc(OCCOC(C)C)c(Br)c1. The van der Waals surface area contributed by atoms with E-state index in [4.69, 9.17) is 15.2 Å². The summed E-state index contributed by atoms with van der Waals surface area (Å²) in [4.78, 5) is 0. The topological polar surface area (TPSA) is 44.5 Å². The van der Waals surface area contributed by atoms with Crippen LogP contribution in [0.4, 0.5) is 0 Å². The summed E-state index contributed by atoms with van der Waals surface area (Å²) < 4.78 is 12.1. The molecule has 0 heterocycles. The Balaban J connectivity index is 2.48. The first-order valence-corrected chi connectivity index (χ1v) is 7.60. The summed E-state index contributed by atoms with van der Waals surface area (Å²) in [7, 11) is 0. The molecule has 0 saturated heterocycles. The second kappa shape index (κ2) is 8.56. The molecule has 0 fully saturated rings. The van der Waals surface area contributed by atoms with Crippen molar-refractivity contribution in [3.05, 3.63) is 28.2 Å². The maximum absolute atomic E-state index is 5.96. The molecule has 1 atom stereocenters. The Morgan fingerprint density at radius 1 is 1.26 bits per heavy atom. The lowest BCUT2D eigenvalue weighted by Crippen LogP contribution is -2.21. The monoisotopic (exact) mass is 329 g/mol. The Kier molecular flexibility index (Phi) is 7.42. The molecule has 1 aromatic carbocycles. The molecule has 0 aliphatic heterocycles. The van der Waals surface area contributed by atoms with Gasteiger partial charge >= 0.3 is 0 Å². The van der Waals surface area contributed by atoms with Crippen molar-refractivity contribution >= 4 is 15.9 Å². The molecule has 0 aliphatic rings. The van der Waals surface area contributed by atoms with Crippen molar-refractivity contribution in [2.75, 3.05) is 13.2 Å². The number of hydrogen-bond acceptors (Lipinski definition) is 3. The van der Waals surface area contributed by atoms with Gasteiger partial charge in [-0.25, -0.2) is 0 Å². The molecule has 0 radical (unpaired) electrons. The van der Waals surface area contributed by atoms with Gasteiger partial charge in [0.05, 0.1) is 17.2 Å². The minimum absolute atomic E-state index is 0.220. The molecule has 1 rings (SSSR count). The number of halogens is 1. The van der Waals surface area contributed by atoms with Crippen LogP contribution in [0.25, 0.3) is 0 Å². The molecule has 0 bridgehead atoms. The fourth-order valence-electron chi connectivity index (χ4n) is 1.67. The van der Waals surface area contributed by atoms with Crippen LogP contribution in [-0.2, 0) is 11.2 Å². The normalized spacial score (nSPS) is 12.7. The Labute approximate surface area is 124 Å². The molecule has 1 aromatic rings. The third-order valence-corrected chi connectivity index (χ3v) is 3.43. The highest BCUT2D eigenvalue weighted by molar-refractivity contribution is 9.10. The Hall–Kier alpha value is -0.580. The van der Waals surface area contributed by atoms with Crippen LogP contribution in [0.3, 0.4) is 0 Å². The van der Waals surface area contributed by atoms with Gasteiger partial charge in [0.2, 0.25) is 0 Å². The zero-order valence-corrected chi connectivity index (χ0v) is 13.6. The number of rotatable bonds is 8. The average molecular weight is 330 g/mol. The molecule has 108 valence electrons. The molecule has 1 unspecified atom stereocenters. The predicted octanol–water partition coefficient (Wildman–Crippen LogP) is 3.53. The quantitative estimate of drug-likeness (QED) is 0.742. The van der Waals surface area contributed by atoms with Gasteiger partial charge in [-0.05, 0) is 60.3 Å². The molecular weight excluding hydrogens is 306 g/mol. The van der Waals surface area contributed by atoms with Crippen LogP contribution in [0.2, 0.25) is 0 Å². The first kappa shape index (κ1) is 16.5. The van der Waals surface area contributed by atoms with Crippen LogP contribution in [-0.4, -0.2) is 25.4 Å². The van der Waals surface area contributed by atoms with E-state index in [0.29, 0.717) is 13.2 Å². The Bertz CT molecular complexity index is 382. The van der Waals surface area contributed by atoms with E-state index in [2.05, 4.69) is 35.0 Å². The van der Waals surface area contributed by atoms with Gasteiger partial charge in [-0.3, -0.25) is 0 Å². The molecule has 0 amide bonds. The number of hydrogen-bond donors (Lipinski definition) is 1. The van der Waals surface area contributed by atoms with Gasteiger partial charge < -0.3 is 15.2 Å². The molecule has 0 aromatic heterocycles. The lowest BCUT2D eigenvalue weighted by Gasteiger charge is -2.13. The van der Waals surface area contributed by atoms with Crippen LogP contribution in [0.5, 0.6) is 5.75 Å². The lowest BCUT2D eigenvalue weighted by molar-refractivity contribution is 0.0551. The fraction of sp³-hybridized carbons (Fsp3) is 0.600. The summed E-state index contributed by atoms with van der Waals surface area (Å²) in [6.07, 6.45) is 2.12. The van der Waals surface area contributed by atoms with Crippen molar-refractivity contribution in [2.24, 2.45) is 5.73 Å². The second-order valence-corrected chi connectivity index (χ2v) is 5.76. The third kappa shape index (κ3) is 6.41. The van der Waals surface area contributed by atoms with Gasteiger partial charge in [-0.15, -0.1) is 0 Å². The second-order valence-electron chi connectivity index (χ2n) is 4.91. The molecule has 2 N–H and O–H groups in total. The maximum Gasteiger partial charge on any atom is 0.133 e. The van der Waals surface area contributed by atoms with Crippen LogP contribution in [0, 0.1) is 0 Å². The highest BCUT2D eigenvalue weighted by Crippen LogP contribution is 2.26. The van der Waals surface area contributed by atoms with Gasteiger partial charge in [0.1, 0.15) is 12.4 Å². The van der Waals surface area contributed by atoms with Crippen molar-refractivity contribution in [1.82, 2.24) is 0 Å². The van der Waals surface area contributed by atoms with Crippen molar-refractivity contribution in [2.45, 2.75) is 45.8 Å². The van der Waals surface area contributed by atoms with Crippen molar-refractivity contribution in [3.8, 4) is 5.75 Å². The van der Waals surface area contributed by atoms with Crippen LogP contribution in [0.1, 0.15) is 32.8 Å². The maximum atomic E-state index is 5.96. The Morgan fingerprint density at radius 3 is 2.58 bits per heavy atom. The molecule has 4 heteroatoms. The first-order valence-electron chi connectivity index (χ1n) is 6.81. The van der Waals surface area contributed by atoms with Gasteiger partial charge in [0, 0.05) is 6.04 Å². The number of ether oxygens (including phenoxy) is 2. The van der Waals surface area contributed by atoms with Crippen molar-refractivity contribution < 1.29 is 9.47 Å².